The number of hydrogen-bond donors (Lipinski definition) is 2. The Bertz CT molecular complexity index is 556. The number of aryl methyl sites for hydroxylation is 2. The van der Waals surface area contributed by atoms with Gasteiger partial charge in [-0.2, -0.15) is 0 Å². The molecule has 20 heavy (non-hydrogen) atoms. The molecule has 0 bridgehead atoms. The summed E-state index contributed by atoms with van der Waals surface area (Å²) in [6.07, 6.45) is 0.613. The van der Waals surface area contributed by atoms with Crippen LogP contribution >= 0.6 is 0 Å². The van der Waals surface area contributed by atoms with Crippen LogP contribution < -0.4 is 11.1 Å². The van der Waals surface area contributed by atoms with Gasteiger partial charge in [0.2, 0.25) is 0 Å². The van der Waals surface area contributed by atoms with Gasteiger partial charge in [-0.25, -0.2) is 4.79 Å². The minimum Gasteiger partial charge on any atom is -0.330 e. The van der Waals surface area contributed by atoms with Gasteiger partial charge in [0.25, 0.3) is 5.91 Å². The van der Waals surface area contributed by atoms with Crippen LogP contribution in [0.3, 0.4) is 0 Å². The molecule has 1 aromatic rings. The smallest absolute Gasteiger partial charge is 0.325 e. The first kappa shape index (κ1) is 14.5. The first-order valence-electron chi connectivity index (χ1n) is 6.82. The van der Waals surface area contributed by atoms with E-state index in [1.807, 2.05) is 32.0 Å². The van der Waals surface area contributed by atoms with Crippen LogP contribution in [-0.4, -0.2) is 29.9 Å². The van der Waals surface area contributed by atoms with Crippen molar-refractivity contribution in [3.05, 3.63) is 34.9 Å². The standard InChI is InChI=1S/C15H21N3O2/c1-10-5-6-12(9-11(10)2)15(3)13(19)18(8-4-7-16)14(20)17-15/h5-6,9H,4,7-8,16H2,1-3H3,(H,17,20). The number of nitrogens with one attached hydrogen (secondary N) is 1. The number of hydrogen-bond acceptors (Lipinski definition) is 3. The molecule has 1 aliphatic heterocycles. The van der Waals surface area contributed by atoms with Crippen molar-refractivity contribution < 1.29 is 9.59 Å². The Morgan fingerprint density at radius 1 is 1.25 bits per heavy atom. The summed E-state index contributed by atoms with van der Waals surface area (Å²) in [5.41, 5.74) is 7.54. The Balaban J connectivity index is 2.33. The fourth-order valence-corrected chi connectivity index (χ4v) is 2.40. The summed E-state index contributed by atoms with van der Waals surface area (Å²) in [6, 6.07) is 5.48. The Labute approximate surface area is 119 Å². The molecule has 0 aliphatic carbocycles. The number of imide groups is 1. The minimum absolute atomic E-state index is 0.209. The zero-order valence-electron chi connectivity index (χ0n) is 12.2. The maximum atomic E-state index is 12.5. The van der Waals surface area contributed by atoms with Gasteiger partial charge in [-0.3, -0.25) is 9.69 Å². The molecule has 1 aromatic carbocycles. The van der Waals surface area contributed by atoms with Gasteiger partial charge in [0.15, 0.2) is 0 Å². The maximum Gasteiger partial charge on any atom is 0.325 e. The lowest BCUT2D eigenvalue weighted by molar-refractivity contribution is -0.131. The monoisotopic (exact) mass is 275 g/mol. The molecule has 5 heteroatoms. The summed E-state index contributed by atoms with van der Waals surface area (Å²) in [4.78, 5) is 25.8. The SMILES string of the molecule is Cc1ccc(C2(C)NC(=O)N(CCCN)C2=O)cc1C. The second kappa shape index (κ2) is 5.25. The average Bonchev–Trinajstić information content (AvgIpc) is 2.62. The fourth-order valence-electron chi connectivity index (χ4n) is 2.40. The lowest BCUT2D eigenvalue weighted by atomic mass is 9.90. The Morgan fingerprint density at radius 3 is 2.55 bits per heavy atom. The van der Waals surface area contributed by atoms with Crippen molar-refractivity contribution in [1.29, 1.82) is 0 Å². The second-order valence-corrected chi connectivity index (χ2v) is 5.45. The Hall–Kier alpha value is -1.88. The van der Waals surface area contributed by atoms with Crippen LogP contribution in [-0.2, 0) is 10.3 Å². The van der Waals surface area contributed by atoms with Crippen LogP contribution in [0.1, 0.15) is 30.0 Å². The number of carbonyl (C=O) groups is 2. The molecule has 108 valence electrons. The number of nitrogens with two attached hydrogens (primary N) is 1. The minimum atomic E-state index is -0.982. The predicted octanol–water partition coefficient (Wildman–Crippen LogP) is 1.42. The van der Waals surface area contributed by atoms with Gasteiger partial charge < -0.3 is 11.1 Å². The van der Waals surface area contributed by atoms with Crippen molar-refractivity contribution in [2.24, 2.45) is 5.73 Å². The van der Waals surface area contributed by atoms with Crippen molar-refractivity contribution in [1.82, 2.24) is 10.2 Å². The van der Waals surface area contributed by atoms with Crippen molar-refractivity contribution >= 4 is 11.9 Å². The summed E-state index contributed by atoms with van der Waals surface area (Å²) in [5.74, 6) is -0.209. The molecule has 2 rings (SSSR count). The van der Waals surface area contributed by atoms with E-state index in [0.29, 0.717) is 19.5 Å². The first-order valence-corrected chi connectivity index (χ1v) is 6.82. The van der Waals surface area contributed by atoms with Crippen LogP contribution in [0.2, 0.25) is 0 Å². The van der Waals surface area contributed by atoms with Gasteiger partial charge >= 0.3 is 6.03 Å². The highest BCUT2D eigenvalue weighted by Gasteiger charge is 2.48. The molecule has 5 nitrogen and oxygen atoms in total. The number of amides is 3. The van der Waals surface area contributed by atoms with E-state index in [9.17, 15) is 9.59 Å². The van der Waals surface area contributed by atoms with Crippen LogP contribution in [0.4, 0.5) is 4.79 Å². The molecule has 0 aromatic heterocycles. The predicted molar refractivity (Wildman–Crippen MR) is 77.2 cm³/mol. The van der Waals surface area contributed by atoms with E-state index >= 15 is 0 Å². The number of urea groups is 1. The molecule has 3 amide bonds. The normalized spacial score (nSPS) is 22.3. The highest BCUT2D eigenvalue weighted by atomic mass is 16.2. The quantitative estimate of drug-likeness (QED) is 0.816. The molecular weight excluding hydrogens is 254 g/mol. The summed E-state index contributed by atoms with van der Waals surface area (Å²) in [5, 5.41) is 2.80. The van der Waals surface area contributed by atoms with Gasteiger partial charge in [-0.05, 0) is 50.4 Å². The largest absolute Gasteiger partial charge is 0.330 e. The summed E-state index contributed by atoms with van der Waals surface area (Å²) in [7, 11) is 0. The van der Waals surface area contributed by atoms with Gasteiger partial charge in [-0.15, -0.1) is 0 Å². The van der Waals surface area contributed by atoms with E-state index in [4.69, 9.17) is 5.73 Å². The number of nitrogens with zero attached hydrogens (tertiary/aromatic N) is 1. The molecule has 3 N–H and O–H groups in total. The van der Waals surface area contributed by atoms with Gasteiger partial charge in [-0.1, -0.05) is 18.2 Å². The maximum absolute atomic E-state index is 12.5. The van der Waals surface area contributed by atoms with Crippen molar-refractivity contribution in [3.8, 4) is 0 Å². The summed E-state index contributed by atoms with van der Waals surface area (Å²) >= 11 is 0. The topological polar surface area (TPSA) is 75.4 Å². The van der Waals surface area contributed by atoms with Crippen molar-refractivity contribution in [3.63, 3.8) is 0 Å². The Kier molecular flexibility index (Phi) is 3.81. The highest BCUT2D eigenvalue weighted by Crippen LogP contribution is 2.30. The average molecular weight is 275 g/mol. The van der Waals surface area contributed by atoms with Crippen molar-refractivity contribution in [2.75, 3.05) is 13.1 Å². The van der Waals surface area contributed by atoms with Gasteiger partial charge in [0.1, 0.15) is 5.54 Å². The Morgan fingerprint density at radius 2 is 1.95 bits per heavy atom. The van der Waals surface area contributed by atoms with E-state index in [0.717, 1.165) is 16.7 Å². The van der Waals surface area contributed by atoms with Gasteiger partial charge in [0, 0.05) is 6.54 Å². The molecule has 1 unspecified atom stereocenters. The van der Waals surface area contributed by atoms with E-state index in [-0.39, 0.29) is 11.9 Å². The summed E-state index contributed by atoms with van der Waals surface area (Å²) < 4.78 is 0. The molecule has 0 radical (unpaired) electrons. The zero-order valence-corrected chi connectivity index (χ0v) is 12.2. The van der Waals surface area contributed by atoms with E-state index in [1.165, 1.54) is 4.90 Å². The van der Waals surface area contributed by atoms with E-state index in [1.54, 1.807) is 6.92 Å². The third-order valence-electron chi connectivity index (χ3n) is 3.95. The molecule has 1 aliphatic rings. The third kappa shape index (κ3) is 2.29. The van der Waals surface area contributed by atoms with Gasteiger partial charge in [0.05, 0.1) is 0 Å². The second-order valence-electron chi connectivity index (χ2n) is 5.45. The van der Waals surface area contributed by atoms with Crippen LogP contribution in [0.5, 0.6) is 0 Å². The molecular formula is C15H21N3O2. The molecule has 0 spiro atoms. The van der Waals surface area contributed by atoms with Crippen LogP contribution in [0.25, 0.3) is 0 Å². The molecule has 1 saturated heterocycles. The number of carbonyl (C=O) groups excluding carboxylic acids is 2. The zero-order chi connectivity index (χ0) is 14.9. The highest BCUT2D eigenvalue weighted by molar-refractivity contribution is 6.07. The molecule has 1 atom stereocenters. The third-order valence-corrected chi connectivity index (χ3v) is 3.95. The number of benzene rings is 1. The van der Waals surface area contributed by atoms with Crippen molar-refractivity contribution in [2.45, 2.75) is 32.7 Å². The van der Waals surface area contributed by atoms with Crippen LogP contribution in [0, 0.1) is 13.8 Å². The van der Waals surface area contributed by atoms with Crippen LogP contribution in [0.15, 0.2) is 18.2 Å². The van der Waals surface area contributed by atoms with E-state index in [2.05, 4.69) is 5.32 Å². The lowest BCUT2D eigenvalue weighted by Gasteiger charge is -2.23. The molecule has 0 saturated carbocycles. The summed E-state index contributed by atoms with van der Waals surface area (Å²) in [6.45, 7) is 6.58. The molecule has 1 fully saturated rings. The lowest BCUT2D eigenvalue weighted by Crippen LogP contribution is -2.41. The van der Waals surface area contributed by atoms with E-state index < -0.39 is 5.54 Å². The number of rotatable bonds is 4. The molecule has 1 heterocycles. The fraction of sp³-hybridized carbons (Fsp3) is 0.467. The first-order chi connectivity index (χ1) is 9.40.